The lowest BCUT2D eigenvalue weighted by Crippen LogP contribution is -2.39. The van der Waals surface area contributed by atoms with Crippen molar-refractivity contribution in [2.75, 3.05) is 40.7 Å². The van der Waals surface area contributed by atoms with Gasteiger partial charge in [-0.1, -0.05) is 0 Å². The van der Waals surface area contributed by atoms with Gasteiger partial charge in [-0.3, -0.25) is 9.09 Å². The van der Waals surface area contributed by atoms with Gasteiger partial charge in [0.15, 0.2) is 0 Å². The molecular formula is C10H22BO7P. The highest BCUT2D eigenvalue weighted by atomic mass is 31.2. The summed E-state index contributed by atoms with van der Waals surface area (Å²) in [4.78, 5) is 9.40. The summed E-state index contributed by atoms with van der Waals surface area (Å²) in [5.41, 5.74) is 0. The fraction of sp³-hybridized carbons (Fsp3) is 1.00. The summed E-state index contributed by atoms with van der Waals surface area (Å²) in [6, 6.07) is -0.242. The Bertz CT molecular complexity index is 310. The van der Waals surface area contributed by atoms with E-state index in [1.165, 1.54) is 7.11 Å². The second kappa shape index (κ2) is 7.74. The van der Waals surface area contributed by atoms with E-state index >= 15 is 0 Å². The molecule has 0 aromatic rings. The van der Waals surface area contributed by atoms with Crippen LogP contribution in [0, 0.1) is 0 Å². The number of hydrogen-bond acceptors (Lipinski definition) is 6. The fourth-order valence-electron chi connectivity index (χ4n) is 2.06. The second-order valence-corrected chi connectivity index (χ2v) is 6.35. The number of hydrogen-bond donors (Lipinski definition) is 1. The summed E-state index contributed by atoms with van der Waals surface area (Å²) in [5, 5.41) is 0. The minimum atomic E-state index is -3.63. The van der Waals surface area contributed by atoms with Gasteiger partial charge in [0.1, 0.15) is 26.2 Å². The van der Waals surface area contributed by atoms with Gasteiger partial charge in [-0.05, 0) is 0 Å². The van der Waals surface area contributed by atoms with Crippen LogP contribution in [-0.4, -0.2) is 77.8 Å². The zero-order valence-corrected chi connectivity index (χ0v) is 12.7. The van der Waals surface area contributed by atoms with Crippen molar-refractivity contribution in [1.29, 1.82) is 0 Å². The molecule has 7 nitrogen and oxygen atoms in total. The second-order valence-electron chi connectivity index (χ2n) is 4.54. The van der Waals surface area contributed by atoms with E-state index in [0.717, 1.165) is 6.66 Å². The third-order valence-electron chi connectivity index (χ3n) is 2.79. The Balaban J connectivity index is 2.70. The molecule has 112 valence electrons. The highest BCUT2D eigenvalue weighted by Gasteiger charge is 2.46. The first-order valence-corrected chi connectivity index (χ1v) is 8.15. The maximum atomic E-state index is 11.5. The maximum absolute atomic E-state index is 11.5. The Labute approximate surface area is 114 Å². The van der Waals surface area contributed by atoms with Crippen molar-refractivity contribution < 1.29 is 32.9 Å². The van der Waals surface area contributed by atoms with Crippen molar-refractivity contribution >= 4 is 15.4 Å². The van der Waals surface area contributed by atoms with E-state index in [9.17, 15) is 9.46 Å². The molecule has 0 amide bonds. The maximum Gasteiger partial charge on any atom is 0.325 e. The highest BCUT2D eigenvalue weighted by Crippen LogP contribution is 2.42. The zero-order chi connectivity index (χ0) is 14.5. The lowest BCUT2D eigenvalue weighted by Gasteiger charge is -2.24. The minimum Gasteiger partial charge on any atom is -0.382 e. The normalized spacial score (nSPS) is 34.3. The van der Waals surface area contributed by atoms with Crippen molar-refractivity contribution in [3.8, 4) is 0 Å². The molecule has 1 heterocycles. The Morgan fingerprint density at radius 2 is 1.95 bits per heavy atom. The standard InChI is InChI=1S/C10H22BO7P/c1-14-4-5-16-9-8(18-19(3,12)13)7(6-15-2)17-10(9)11/h7-10H,4-6,11H2,1-3H3,(H,12,13)/t7-,8?,9?,10-/m1/s1. The van der Waals surface area contributed by atoms with E-state index in [-0.39, 0.29) is 12.6 Å². The van der Waals surface area contributed by atoms with E-state index < -0.39 is 25.9 Å². The van der Waals surface area contributed by atoms with Crippen molar-refractivity contribution in [2.45, 2.75) is 24.3 Å². The predicted octanol–water partition coefficient (Wildman–Crippen LogP) is -0.777. The first-order valence-electron chi connectivity index (χ1n) is 6.12. The van der Waals surface area contributed by atoms with Gasteiger partial charge in [0.25, 0.3) is 0 Å². The molecule has 19 heavy (non-hydrogen) atoms. The van der Waals surface area contributed by atoms with Crippen LogP contribution in [0.4, 0.5) is 0 Å². The molecule has 0 saturated carbocycles. The number of ether oxygens (including phenoxy) is 4. The van der Waals surface area contributed by atoms with E-state index in [1.54, 1.807) is 7.11 Å². The van der Waals surface area contributed by atoms with Gasteiger partial charge >= 0.3 is 7.60 Å². The monoisotopic (exact) mass is 296 g/mol. The van der Waals surface area contributed by atoms with Gasteiger partial charge in [0.05, 0.1) is 25.8 Å². The quantitative estimate of drug-likeness (QED) is 0.357. The van der Waals surface area contributed by atoms with Crippen molar-refractivity contribution in [3.05, 3.63) is 0 Å². The van der Waals surface area contributed by atoms with E-state index in [4.69, 9.17) is 23.5 Å². The average Bonchev–Trinajstić information content (AvgIpc) is 2.56. The van der Waals surface area contributed by atoms with Crippen molar-refractivity contribution in [1.82, 2.24) is 0 Å². The molecule has 1 N–H and O–H groups in total. The van der Waals surface area contributed by atoms with Gasteiger partial charge in [-0.15, -0.1) is 0 Å². The molecule has 1 rings (SSSR count). The van der Waals surface area contributed by atoms with Crippen molar-refractivity contribution in [3.63, 3.8) is 0 Å². The Hall–Kier alpha value is 0.0549. The highest BCUT2D eigenvalue weighted by molar-refractivity contribution is 7.51. The summed E-state index contributed by atoms with van der Waals surface area (Å²) in [6.07, 6.45) is -1.48. The Kier molecular flexibility index (Phi) is 6.97. The minimum absolute atomic E-state index is 0.242. The van der Waals surface area contributed by atoms with Crippen LogP contribution in [0.1, 0.15) is 0 Å². The molecule has 0 aromatic carbocycles. The molecule has 0 spiro atoms. The molecule has 5 atom stereocenters. The largest absolute Gasteiger partial charge is 0.382 e. The van der Waals surface area contributed by atoms with Crippen LogP contribution in [0.2, 0.25) is 0 Å². The van der Waals surface area contributed by atoms with E-state index in [0.29, 0.717) is 13.2 Å². The lowest BCUT2D eigenvalue weighted by atomic mass is 9.93. The third-order valence-corrected chi connectivity index (χ3v) is 3.42. The Morgan fingerprint density at radius 3 is 2.47 bits per heavy atom. The van der Waals surface area contributed by atoms with E-state index in [2.05, 4.69) is 0 Å². The van der Waals surface area contributed by atoms with Gasteiger partial charge < -0.3 is 23.8 Å². The van der Waals surface area contributed by atoms with Crippen LogP contribution < -0.4 is 0 Å². The number of rotatable bonds is 8. The average molecular weight is 296 g/mol. The molecule has 9 heteroatoms. The molecule has 1 saturated heterocycles. The van der Waals surface area contributed by atoms with E-state index in [1.807, 2.05) is 7.85 Å². The zero-order valence-electron chi connectivity index (χ0n) is 11.8. The van der Waals surface area contributed by atoms with Crippen LogP contribution in [0.3, 0.4) is 0 Å². The fourth-order valence-corrected chi connectivity index (χ4v) is 2.77. The van der Waals surface area contributed by atoms with Crippen LogP contribution in [-0.2, 0) is 28.0 Å². The number of methoxy groups -OCH3 is 2. The van der Waals surface area contributed by atoms with Crippen LogP contribution in [0.25, 0.3) is 0 Å². The van der Waals surface area contributed by atoms with Gasteiger partial charge in [-0.25, -0.2) is 0 Å². The van der Waals surface area contributed by atoms with Gasteiger partial charge in [0.2, 0.25) is 0 Å². The predicted molar refractivity (Wildman–Crippen MR) is 71.3 cm³/mol. The van der Waals surface area contributed by atoms with Crippen molar-refractivity contribution in [2.24, 2.45) is 0 Å². The third kappa shape index (κ3) is 5.51. The molecule has 0 bridgehead atoms. The molecular weight excluding hydrogens is 274 g/mol. The SMILES string of the molecule is B[C@@H]1O[C@H](COC)C(OP(C)(=O)O)C1OCCOC. The van der Waals surface area contributed by atoms with Gasteiger partial charge in [-0.2, -0.15) is 0 Å². The molecule has 1 fully saturated rings. The Morgan fingerprint density at radius 1 is 1.26 bits per heavy atom. The van der Waals surface area contributed by atoms with Crippen LogP contribution in [0.15, 0.2) is 0 Å². The molecule has 3 unspecified atom stereocenters. The lowest BCUT2D eigenvalue weighted by molar-refractivity contribution is -0.0361. The topological polar surface area (TPSA) is 83.5 Å². The molecule has 0 radical (unpaired) electrons. The summed E-state index contributed by atoms with van der Waals surface area (Å²) < 4.78 is 37.9. The summed E-state index contributed by atoms with van der Waals surface area (Å²) >= 11 is 0. The first-order chi connectivity index (χ1) is 8.89. The molecule has 1 aliphatic heterocycles. The molecule has 0 aliphatic carbocycles. The van der Waals surface area contributed by atoms with Crippen LogP contribution >= 0.6 is 7.60 Å². The molecule has 0 aromatic heterocycles. The summed E-state index contributed by atoms with van der Waals surface area (Å²) in [6.45, 7) is 2.23. The summed E-state index contributed by atoms with van der Waals surface area (Å²) in [7, 11) is 1.32. The van der Waals surface area contributed by atoms with Crippen LogP contribution in [0.5, 0.6) is 0 Å². The smallest absolute Gasteiger partial charge is 0.325 e. The molecule has 1 aliphatic rings. The summed E-state index contributed by atoms with van der Waals surface area (Å²) in [5.74, 6) is 0. The van der Waals surface area contributed by atoms with Gasteiger partial charge in [0, 0.05) is 20.9 Å². The first kappa shape index (κ1) is 17.1.